The Hall–Kier alpha value is -0.967. The predicted molar refractivity (Wildman–Crippen MR) is 115 cm³/mol. The first-order valence-electron chi connectivity index (χ1n) is 11.9. The van der Waals surface area contributed by atoms with Crippen LogP contribution in [0.1, 0.15) is 136 Å². The fraction of sp³-hybridized carbons (Fsp3) is 0.875. The molecule has 0 N–H and O–H groups in total. The summed E-state index contributed by atoms with van der Waals surface area (Å²) in [5, 5.41) is 29.8. The number of aliphatic carboxylic acids is 3. The van der Waals surface area contributed by atoms with Crippen LogP contribution in [0.2, 0.25) is 0 Å². The summed E-state index contributed by atoms with van der Waals surface area (Å²) in [6.07, 6.45) is 16.8. The minimum atomic E-state index is -0.920. The predicted octanol–water partition coefficient (Wildman–Crippen LogP) is 3.29. The largest absolute Gasteiger partial charge is 3.00 e. The first-order valence-corrected chi connectivity index (χ1v) is 11.9. The zero-order chi connectivity index (χ0) is 23.5. The molecule has 0 saturated heterocycles. The van der Waals surface area contributed by atoms with Crippen molar-refractivity contribution < 1.29 is 49.2 Å². The molecule has 0 aliphatic heterocycles. The van der Waals surface area contributed by atoms with Gasteiger partial charge < -0.3 is 29.7 Å². The fourth-order valence-electron chi connectivity index (χ4n) is 2.62. The molecule has 0 amide bonds. The Morgan fingerprint density at radius 3 is 0.774 bits per heavy atom. The second kappa shape index (κ2) is 33.7. The molecule has 0 aromatic carbocycles. The zero-order valence-corrected chi connectivity index (χ0v) is 21.8. The molecule has 7 heteroatoms. The van der Waals surface area contributed by atoms with Crippen molar-refractivity contribution >= 4 is 17.9 Å². The SMILES string of the molecule is CCCCCCCC(=O)[O-].CCCCCCCC(=O)[O-].CCCCCCCC(=O)[O-].[Ru+3]. The van der Waals surface area contributed by atoms with E-state index in [1.807, 2.05) is 0 Å². The van der Waals surface area contributed by atoms with Gasteiger partial charge in [-0.2, -0.15) is 0 Å². The minimum Gasteiger partial charge on any atom is -0.550 e. The second-order valence-electron chi connectivity index (χ2n) is 7.61. The average molecular weight is 531 g/mol. The van der Waals surface area contributed by atoms with E-state index in [4.69, 9.17) is 0 Å². The fourth-order valence-corrected chi connectivity index (χ4v) is 2.62. The molecular weight excluding hydrogens is 485 g/mol. The van der Waals surface area contributed by atoms with Crippen LogP contribution >= 0.6 is 0 Å². The van der Waals surface area contributed by atoms with Gasteiger partial charge in [-0.15, -0.1) is 0 Å². The van der Waals surface area contributed by atoms with Gasteiger partial charge in [-0.25, -0.2) is 0 Å². The van der Waals surface area contributed by atoms with Crippen LogP contribution in [0.5, 0.6) is 0 Å². The van der Waals surface area contributed by atoms with E-state index in [1.54, 1.807) is 0 Å². The van der Waals surface area contributed by atoms with E-state index in [-0.39, 0.29) is 38.7 Å². The maximum Gasteiger partial charge on any atom is 3.00 e. The van der Waals surface area contributed by atoms with Gasteiger partial charge in [-0.05, 0) is 38.5 Å². The summed E-state index contributed by atoms with van der Waals surface area (Å²) in [6.45, 7) is 6.41. The first kappa shape index (κ1) is 37.4. The molecule has 0 spiro atoms. The van der Waals surface area contributed by atoms with Gasteiger partial charge >= 0.3 is 19.5 Å². The van der Waals surface area contributed by atoms with Crippen LogP contribution in [0.4, 0.5) is 0 Å². The summed E-state index contributed by atoms with van der Waals surface area (Å²) in [4.78, 5) is 29.8. The Morgan fingerprint density at radius 2 is 0.613 bits per heavy atom. The molecule has 0 unspecified atom stereocenters. The van der Waals surface area contributed by atoms with Gasteiger partial charge in [0.25, 0.3) is 0 Å². The van der Waals surface area contributed by atoms with E-state index in [1.165, 1.54) is 38.5 Å². The first-order chi connectivity index (χ1) is 14.3. The van der Waals surface area contributed by atoms with Crippen molar-refractivity contribution in [3.8, 4) is 0 Å². The summed E-state index contributed by atoms with van der Waals surface area (Å²) in [5.74, 6) is -2.76. The molecule has 0 aliphatic rings. The van der Waals surface area contributed by atoms with Gasteiger partial charge in [0.05, 0.1) is 0 Å². The topological polar surface area (TPSA) is 120 Å². The summed E-state index contributed by atoms with van der Waals surface area (Å²) in [7, 11) is 0. The van der Waals surface area contributed by atoms with E-state index in [9.17, 15) is 29.7 Å². The van der Waals surface area contributed by atoms with Gasteiger partial charge in [0.15, 0.2) is 0 Å². The molecule has 0 bridgehead atoms. The van der Waals surface area contributed by atoms with Crippen LogP contribution in [0.15, 0.2) is 0 Å². The third kappa shape index (κ3) is 52.9. The zero-order valence-electron chi connectivity index (χ0n) is 20.0. The molecule has 1 radical (unpaired) electrons. The monoisotopic (exact) mass is 531 g/mol. The van der Waals surface area contributed by atoms with Crippen LogP contribution in [0.25, 0.3) is 0 Å². The number of carboxylic acid groups (broad SMARTS) is 3. The Kier molecular flexibility index (Phi) is 40.6. The number of carbonyl (C=O) groups excluding carboxylic acids is 3. The molecule has 0 atom stereocenters. The smallest absolute Gasteiger partial charge is 0.550 e. The van der Waals surface area contributed by atoms with Crippen molar-refractivity contribution in [1.82, 2.24) is 0 Å². The number of carbonyl (C=O) groups is 3. The molecule has 0 heterocycles. The van der Waals surface area contributed by atoms with Crippen molar-refractivity contribution in [1.29, 1.82) is 0 Å². The maximum atomic E-state index is 9.92. The molecule has 0 aromatic rings. The maximum absolute atomic E-state index is 9.92. The van der Waals surface area contributed by atoms with Crippen molar-refractivity contribution in [2.24, 2.45) is 0 Å². The van der Waals surface area contributed by atoms with Gasteiger partial charge in [0.2, 0.25) is 0 Å². The third-order valence-electron chi connectivity index (χ3n) is 4.45. The van der Waals surface area contributed by atoms with Crippen molar-refractivity contribution in [3.05, 3.63) is 0 Å². The van der Waals surface area contributed by atoms with E-state index < -0.39 is 17.9 Å². The van der Waals surface area contributed by atoms with Crippen LogP contribution in [-0.4, -0.2) is 17.9 Å². The van der Waals surface area contributed by atoms with E-state index in [0.29, 0.717) is 0 Å². The molecule has 0 rings (SSSR count). The molecule has 31 heavy (non-hydrogen) atoms. The molecule has 6 nitrogen and oxygen atoms in total. The van der Waals surface area contributed by atoms with E-state index in [0.717, 1.165) is 57.8 Å². The Morgan fingerprint density at radius 1 is 0.419 bits per heavy atom. The normalized spacial score (nSPS) is 9.39. The molecular formula is C24H45O6Ru. The van der Waals surface area contributed by atoms with E-state index >= 15 is 0 Å². The Labute approximate surface area is 203 Å². The van der Waals surface area contributed by atoms with Crippen LogP contribution in [-0.2, 0) is 33.9 Å². The molecule has 0 aromatic heterocycles. The average Bonchev–Trinajstić information content (AvgIpc) is 2.68. The Balaban J connectivity index is -0.000000174. The molecule has 0 fully saturated rings. The summed E-state index contributed by atoms with van der Waals surface area (Å²) in [6, 6.07) is 0. The molecule has 0 saturated carbocycles. The standard InChI is InChI=1S/3C8H16O2.Ru/c3*1-2-3-4-5-6-7-8(9)10;/h3*2-7H2,1H3,(H,9,10);/q;;;+3/p-3. The number of hydrogen-bond acceptors (Lipinski definition) is 6. The van der Waals surface area contributed by atoms with Crippen LogP contribution in [0, 0.1) is 0 Å². The van der Waals surface area contributed by atoms with Crippen molar-refractivity contribution in [2.75, 3.05) is 0 Å². The van der Waals surface area contributed by atoms with Gasteiger partial charge in [0.1, 0.15) is 0 Å². The number of rotatable bonds is 18. The Bertz CT molecular complexity index is 331. The molecule has 0 aliphatic carbocycles. The van der Waals surface area contributed by atoms with Gasteiger partial charge in [0, 0.05) is 17.9 Å². The number of carboxylic acids is 3. The summed E-state index contributed by atoms with van der Waals surface area (Å²) >= 11 is 0. The number of unbranched alkanes of at least 4 members (excludes halogenated alkanes) is 12. The third-order valence-corrected chi connectivity index (χ3v) is 4.45. The van der Waals surface area contributed by atoms with Crippen LogP contribution in [0.3, 0.4) is 0 Å². The second-order valence-corrected chi connectivity index (χ2v) is 7.61. The van der Waals surface area contributed by atoms with Crippen LogP contribution < -0.4 is 15.3 Å². The summed E-state index contributed by atoms with van der Waals surface area (Å²) in [5.41, 5.74) is 0. The van der Waals surface area contributed by atoms with Crippen molar-refractivity contribution in [3.63, 3.8) is 0 Å². The molecule has 185 valence electrons. The minimum absolute atomic E-state index is 0. The van der Waals surface area contributed by atoms with Gasteiger partial charge in [-0.1, -0.05) is 97.8 Å². The summed E-state index contributed by atoms with van der Waals surface area (Å²) < 4.78 is 0. The van der Waals surface area contributed by atoms with E-state index in [2.05, 4.69) is 20.8 Å². The quantitative estimate of drug-likeness (QED) is 0.198. The van der Waals surface area contributed by atoms with Crippen molar-refractivity contribution in [2.45, 2.75) is 136 Å². The van der Waals surface area contributed by atoms with Gasteiger partial charge in [-0.3, -0.25) is 0 Å². The number of hydrogen-bond donors (Lipinski definition) is 0.